The Bertz CT molecular complexity index is 1370. The molecule has 3 aliphatic rings. The molecule has 3 unspecified atom stereocenters. The highest BCUT2D eigenvalue weighted by Gasteiger charge is 2.44. The van der Waals surface area contributed by atoms with Gasteiger partial charge in [0, 0.05) is 13.1 Å². The van der Waals surface area contributed by atoms with Gasteiger partial charge in [0.2, 0.25) is 41.9 Å². The summed E-state index contributed by atoms with van der Waals surface area (Å²) in [6.45, 7) is 16.3. The van der Waals surface area contributed by atoms with Gasteiger partial charge >= 0.3 is 5.97 Å². The maximum atomic E-state index is 14.1. The van der Waals surface area contributed by atoms with E-state index in [1.54, 1.807) is 34.6 Å². The summed E-state index contributed by atoms with van der Waals surface area (Å²) < 4.78 is 5.83. The third kappa shape index (κ3) is 10.7. The summed E-state index contributed by atoms with van der Waals surface area (Å²) in [4.78, 5) is 112. The van der Waals surface area contributed by atoms with Gasteiger partial charge in [0.25, 0.3) is 0 Å². The Balaban J connectivity index is 2.11. The lowest BCUT2D eigenvalue weighted by atomic mass is 9.97. The molecule has 0 bridgehead atoms. The molecule has 298 valence electrons. The second-order valence-electron chi connectivity index (χ2n) is 15.8. The molecule has 0 radical (unpaired) electrons. The van der Waals surface area contributed by atoms with E-state index >= 15 is 0 Å². The number of rotatable bonds is 10. The third-order valence-electron chi connectivity index (χ3n) is 10.5. The number of amides is 7. The fraction of sp³-hybridized carbons (Fsp3) is 0.784. The maximum Gasteiger partial charge on any atom is 0.329 e. The molecular weight excluding hydrogens is 686 g/mol. The van der Waals surface area contributed by atoms with Crippen LogP contribution in [0.5, 0.6) is 0 Å². The standard InChI is InChI=1S/C37H61N7O9/c1-10-22(8)29(38-18-45)33(48)42-30-23(9)53-37(52)26-14-12-16-44(26)35(50)24(17-19(2)3)39-31(46)25-13-11-15-43(25)36(51)28(21(6)7)41-32(47)27(20(4)5)40-34(30)49/h18-30H,10-17H2,1-9H3,(H,38,45)(H,39,46)(H,40,49)(H,41,47)(H,42,48)/t22?,23?,24-,25-,26-,27-,28+,29?,30+/m1/s1. The van der Waals surface area contributed by atoms with Gasteiger partial charge < -0.3 is 41.1 Å². The average molecular weight is 748 g/mol. The van der Waals surface area contributed by atoms with Crippen molar-refractivity contribution in [1.82, 2.24) is 36.4 Å². The minimum Gasteiger partial charge on any atom is -0.458 e. The molecule has 0 spiro atoms. The first-order chi connectivity index (χ1) is 24.9. The third-order valence-corrected chi connectivity index (χ3v) is 10.5. The van der Waals surface area contributed by atoms with E-state index in [9.17, 15) is 38.4 Å². The molecule has 3 rings (SSSR count). The largest absolute Gasteiger partial charge is 0.458 e. The molecule has 3 fully saturated rings. The monoisotopic (exact) mass is 747 g/mol. The predicted molar refractivity (Wildman–Crippen MR) is 194 cm³/mol. The molecule has 7 amide bonds. The van der Waals surface area contributed by atoms with E-state index < -0.39 is 102 Å². The highest BCUT2D eigenvalue weighted by molar-refractivity contribution is 5.98. The van der Waals surface area contributed by atoms with E-state index in [1.165, 1.54) is 16.7 Å². The molecule has 0 aromatic heterocycles. The van der Waals surface area contributed by atoms with Crippen molar-refractivity contribution < 1.29 is 43.1 Å². The normalized spacial score (nSPS) is 29.2. The summed E-state index contributed by atoms with van der Waals surface area (Å²) in [7, 11) is 0. The van der Waals surface area contributed by atoms with Crippen LogP contribution in [0.4, 0.5) is 0 Å². The molecule has 0 aliphatic carbocycles. The van der Waals surface area contributed by atoms with Gasteiger partial charge in [-0.1, -0.05) is 61.8 Å². The van der Waals surface area contributed by atoms with Crippen LogP contribution in [0.1, 0.15) is 101 Å². The zero-order valence-corrected chi connectivity index (χ0v) is 32.7. The molecule has 9 atom stereocenters. The topological polar surface area (TPSA) is 212 Å². The molecular formula is C37H61N7O9. The molecule has 3 aliphatic heterocycles. The summed E-state index contributed by atoms with van der Waals surface area (Å²) >= 11 is 0. The predicted octanol–water partition coefficient (Wildman–Crippen LogP) is 0.372. The number of carbonyl (C=O) groups is 8. The van der Waals surface area contributed by atoms with E-state index in [-0.39, 0.29) is 37.8 Å². The molecule has 5 N–H and O–H groups in total. The first-order valence-electron chi connectivity index (χ1n) is 19.2. The number of fused-ring (bicyclic) bond motifs is 2. The second kappa shape index (κ2) is 19.2. The summed E-state index contributed by atoms with van der Waals surface area (Å²) in [6, 6.07) is -7.64. The minimum atomic E-state index is -1.52. The van der Waals surface area contributed by atoms with Crippen molar-refractivity contribution >= 4 is 47.8 Å². The van der Waals surface area contributed by atoms with Crippen LogP contribution in [0.2, 0.25) is 0 Å². The SMILES string of the molecule is CCC(C)C(NC=O)C(=O)N[C@@H]1C(=O)N[C@H](C(C)C)C(=O)N[C@@H](C(C)C)C(=O)N2CCC[C@@H]2C(=O)N[C@H](CC(C)C)C(=O)N2CCC[C@@H]2C(=O)OC1C. The van der Waals surface area contributed by atoms with Gasteiger partial charge in [-0.2, -0.15) is 0 Å². The second-order valence-corrected chi connectivity index (χ2v) is 15.8. The quantitative estimate of drug-likeness (QED) is 0.154. The molecule has 3 saturated heterocycles. The molecule has 0 aromatic carbocycles. The molecule has 53 heavy (non-hydrogen) atoms. The lowest BCUT2D eigenvalue weighted by Crippen LogP contribution is -2.63. The van der Waals surface area contributed by atoms with Gasteiger partial charge in [-0.15, -0.1) is 0 Å². The van der Waals surface area contributed by atoms with Gasteiger partial charge in [0.15, 0.2) is 0 Å². The number of nitrogens with zero attached hydrogens (tertiary/aromatic N) is 2. The van der Waals surface area contributed by atoms with E-state index in [4.69, 9.17) is 4.74 Å². The first-order valence-corrected chi connectivity index (χ1v) is 19.2. The lowest BCUT2D eigenvalue weighted by molar-refractivity contribution is -0.161. The van der Waals surface area contributed by atoms with Crippen LogP contribution in [-0.2, 0) is 43.1 Å². The molecule has 16 nitrogen and oxygen atoms in total. The van der Waals surface area contributed by atoms with Gasteiger partial charge in [0.1, 0.15) is 48.4 Å². The van der Waals surface area contributed by atoms with Crippen LogP contribution in [0.15, 0.2) is 0 Å². The Morgan fingerprint density at radius 1 is 0.811 bits per heavy atom. The van der Waals surface area contributed by atoms with Crippen LogP contribution >= 0.6 is 0 Å². The van der Waals surface area contributed by atoms with Crippen molar-refractivity contribution in [1.29, 1.82) is 0 Å². The summed E-state index contributed by atoms with van der Waals surface area (Å²) in [5, 5.41) is 13.5. The van der Waals surface area contributed by atoms with Crippen LogP contribution in [-0.4, -0.2) is 119 Å². The van der Waals surface area contributed by atoms with Crippen molar-refractivity contribution in [2.45, 2.75) is 149 Å². The van der Waals surface area contributed by atoms with Crippen LogP contribution < -0.4 is 26.6 Å². The number of nitrogens with one attached hydrogen (secondary N) is 5. The zero-order valence-electron chi connectivity index (χ0n) is 32.7. The zero-order chi connectivity index (χ0) is 39.7. The molecule has 16 heteroatoms. The summed E-state index contributed by atoms with van der Waals surface area (Å²) in [5.74, 6) is -5.61. The van der Waals surface area contributed by atoms with Gasteiger partial charge in [-0.25, -0.2) is 4.79 Å². The number of hydrogen-bond acceptors (Lipinski definition) is 9. The highest BCUT2D eigenvalue weighted by atomic mass is 16.5. The fourth-order valence-corrected chi connectivity index (χ4v) is 7.23. The first kappa shape index (κ1) is 43.2. The van der Waals surface area contributed by atoms with Crippen molar-refractivity contribution in [3.8, 4) is 0 Å². The van der Waals surface area contributed by atoms with Gasteiger partial charge in [-0.05, 0) is 62.7 Å². The minimum absolute atomic E-state index is 0.00882. The Labute approximate surface area is 313 Å². The van der Waals surface area contributed by atoms with Gasteiger partial charge in [0.05, 0.1) is 0 Å². The molecule has 3 heterocycles. The number of cyclic esters (lactones) is 1. The average Bonchev–Trinajstić information content (AvgIpc) is 3.79. The van der Waals surface area contributed by atoms with E-state index in [0.717, 1.165) is 0 Å². The highest BCUT2D eigenvalue weighted by Crippen LogP contribution is 2.25. The number of hydrogen-bond donors (Lipinski definition) is 5. The Morgan fingerprint density at radius 2 is 1.38 bits per heavy atom. The van der Waals surface area contributed by atoms with E-state index in [0.29, 0.717) is 32.1 Å². The van der Waals surface area contributed by atoms with Gasteiger partial charge in [-0.3, -0.25) is 33.6 Å². The number of ether oxygens (including phenoxy) is 1. The Hall–Kier alpha value is -4.24. The number of carbonyl (C=O) groups excluding carboxylic acids is 8. The van der Waals surface area contributed by atoms with Crippen LogP contribution in [0, 0.1) is 23.7 Å². The van der Waals surface area contributed by atoms with E-state index in [2.05, 4.69) is 26.6 Å². The fourth-order valence-electron chi connectivity index (χ4n) is 7.23. The van der Waals surface area contributed by atoms with Crippen molar-refractivity contribution in [3.63, 3.8) is 0 Å². The Kier molecular flexibility index (Phi) is 15.6. The molecule has 0 aromatic rings. The van der Waals surface area contributed by atoms with Crippen LogP contribution in [0.3, 0.4) is 0 Å². The van der Waals surface area contributed by atoms with Crippen molar-refractivity contribution in [2.75, 3.05) is 13.1 Å². The maximum absolute atomic E-state index is 14.1. The van der Waals surface area contributed by atoms with Crippen molar-refractivity contribution in [2.24, 2.45) is 23.7 Å². The number of esters is 1. The molecule has 0 saturated carbocycles. The smallest absolute Gasteiger partial charge is 0.329 e. The van der Waals surface area contributed by atoms with Crippen LogP contribution in [0.25, 0.3) is 0 Å². The lowest BCUT2D eigenvalue weighted by Gasteiger charge is -2.33. The summed E-state index contributed by atoms with van der Waals surface area (Å²) in [5.41, 5.74) is 0. The van der Waals surface area contributed by atoms with Crippen molar-refractivity contribution in [3.05, 3.63) is 0 Å². The summed E-state index contributed by atoms with van der Waals surface area (Å²) in [6.07, 6.45) is 1.58. The Morgan fingerprint density at radius 3 is 1.92 bits per heavy atom. The van der Waals surface area contributed by atoms with E-state index in [1.807, 2.05) is 20.8 Å².